The van der Waals surface area contributed by atoms with Gasteiger partial charge in [-0.1, -0.05) is 23.7 Å². The van der Waals surface area contributed by atoms with E-state index in [2.05, 4.69) is 21.1 Å². The summed E-state index contributed by atoms with van der Waals surface area (Å²) in [7, 11) is 0. The van der Waals surface area contributed by atoms with Crippen molar-refractivity contribution in [1.29, 1.82) is 0 Å². The topological polar surface area (TPSA) is 82.9 Å². The quantitative estimate of drug-likeness (QED) is 0.637. The van der Waals surface area contributed by atoms with E-state index in [9.17, 15) is 9.59 Å². The average molecular weight is 279 g/mol. The summed E-state index contributed by atoms with van der Waals surface area (Å²) in [6, 6.07) is 7.07. The Bertz CT molecular complexity index is 569. The van der Waals surface area contributed by atoms with E-state index < -0.39 is 0 Å². The van der Waals surface area contributed by atoms with Crippen LogP contribution in [0, 0.1) is 0 Å². The molecule has 98 valence electrons. The Morgan fingerprint density at radius 3 is 3.11 bits per heavy atom. The first kappa shape index (κ1) is 13.2. The molecule has 1 aliphatic rings. The van der Waals surface area contributed by atoms with Gasteiger partial charge in [-0.05, 0) is 17.7 Å². The molecule has 0 bridgehead atoms. The van der Waals surface area contributed by atoms with Crippen LogP contribution in [0.4, 0.5) is 0 Å². The number of rotatable bonds is 4. The minimum Gasteiger partial charge on any atom is -0.273 e. The number of hydrazone groups is 2. The Labute approximate surface area is 114 Å². The van der Waals surface area contributed by atoms with Crippen LogP contribution in [0.2, 0.25) is 5.02 Å². The Morgan fingerprint density at radius 1 is 1.58 bits per heavy atom. The highest BCUT2D eigenvalue weighted by Crippen LogP contribution is 2.08. The van der Waals surface area contributed by atoms with E-state index >= 15 is 0 Å². The molecule has 0 aliphatic carbocycles. The molecule has 2 rings (SSSR count). The molecular formula is C12H11ClN4O2. The van der Waals surface area contributed by atoms with Gasteiger partial charge in [-0.2, -0.15) is 10.2 Å². The van der Waals surface area contributed by atoms with Crippen molar-refractivity contribution < 1.29 is 9.59 Å². The molecule has 6 nitrogen and oxygen atoms in total. The van der Waals surface area contributed by atoms with Gasteiger partial charge < -0.3 is 0 Å². The van der Waals surface area contributed by atoms with Crippen molar-refractivity contribution in [2.75, 3.05) is 0 Å². The van der Waals surface area contributed by atoms with Crippen molar-refractivity contribution in [3.63, 3.8) is 0 Å². The van der Waals surface area contributed by atoms with E-state index in [1.165, 1.54) is 6.21 Å². The van der Waals surface area contributed by atoms with Crippen LogP contribution in [-0.2, 0) is 9.59 Å². The number of amides is 2. The third-order valence-corrected chi connectivity index (χ3v) is 2.55. The first-order valence-electron chi connectivity index (χ1n) is 5.55. The number of halogens is 1. The molecule has 0 radical (unpaired) electrons. The molecule has 1 aliphatic heterocycles. The summed E-state index contributed by atoms with van der Waals surface area (Å²) in [6.45, 7) is 0. The number of benzene rings is 1. The van der Waals surface area contributed by atoms with Gasteiger partial charge >= 0.3 is 0 Å². The van der Waals surface area contributed by atoms with Crippen LogP contribution in [0.15, 0.2) is 34.5 Å². The third kappa shape index (κ3) is 4.18. The van der Waals surface area contributed by atoms with Crippen molar-refractivity contribution in [1.82, 2.24) is 10.9 Å². The maximum Gasteiger partial charge on any atom is 0.245 e. The lowest BCUT2D eigenvalue weighted by atomic mass is 10.2. The lowest BCUT2D eigenvalue weighted by Crippen LogP contribution is -2.20. The SMILES string of the molecule is O=C1CC(CC(=O)N/N=C\c2cccc(Cl)c2)=NN1. The minimum atomic E-state index is -0.325. The fourth-order valence-corrected chi connectivity index (χ4v) is 1.70. The van der Waals surface area contributed by atoms with Crippen LogP contribution >= 0.6 is 11.6 Å². The zero-order valence-electron chi connectivity index (χ0n) is 9.89. The van der Waals surface area contributed by atoms with Crippen molar-refractivity contribution in [2.45, 2.75) is 12.8 Å². The molecule has 1 heterocycles. The summed E-state index contributed by atoms with van der Waals surface area (Å²) in [4.78, 5) is 22.4. The van der Waals surface area contributed by atoms with Crippen molar-refractivity contribution >= 4 is 35.3 Å². The highest BCUT2D eigenvalue weighted by Gasteiger charge is 2.16. The molecule has 0 atom stereocenters. The summed E-state index contributed by atoms with van der Waals surface area (Å²) >= 11 is 5.81. The molecule has 2 amide bonds. The van der Waals surface area contributed by atoms with E-state index in [4.69, 9.17) is 11.6 Å². The Balaban J connectivity index is 1.82. The zero-order chi connectivity index (χ0) is 13.7. The number of nitrogens with zero attached hydrogens (tertiary/aromatic N) is 2. The predicted octanol–water partition coefficient (Wildman–Crippen LogP) is 1.06. The summed E-state index contributed by atoms with van der Waals surface area (Å²) < 4.78 is 0. The Kier molecular flexibility index (Phi) is 4.25. The number of carbonyl (C=O) groups excluding carboxylic acids is 2. The zero-order valence-corrected chi connectivity index (χ0v) is 10.6. The fraction of sp³-hybridized carbons (Fsp3) is 0.167. The smallest absolute Gasteiger partial charge is 0.245 e. The van der Waals surface area contributed by atoms with E-state index in [0.29, 0.717) is 10.7 Å². The maximum atomic E-state index is 11.5. The molecule has 1 aromatic carbocycles. The average Bonchev–Trinajstić information content (AvgIpc) is 2.75. The second-order valence-electron chi connectivity index (χ2n) is 3.91. The molecule has 19 heavy (non-hydrogen) atoms. The first-order chi connectivity index (χ1) is 9.13. The highest BCUT2D eigenvalue weighted by atomic mass is 35.5. The van der Waals surface area contributed by atoms with Crippen molar-refractivity contribution in [3.05, 3.63) is 34.9 Å². The largest absolute Gasteiger partial charge is 0.273 e. The standard InChI is InChI=1S/C12H11ClN4O2/c13-9-3-1-2-8(4-9)7-14-16-11(18)5-10-6-12(19)17-15-10/h1-4,7H,5-6H2,(H,16,18)(H,17,19)/b14-7-. The van der Waals surface area contributed by atoms with Crippen molar-refractivity contribution in [2.24, 2.45) is 10.2 Å². The second kappa shape index (κ2) is 6.10. The normalized spacial score (nSPS) is 14.4. The van der Waals surface area contributed by atoms with E-state index in [0.717, 1.165) is 5.56 Å². The predicted molar refractivity (Wildman–Crippen MR) is 72.0 cm³/mol. The van der Waals surface area contributed by atoms with Gasteiger partial charge in [-0.25, -0.2) is 10.9 Å². The second-order valence-corrected chi connectivity index (χ2v) is 4.35. The molecule has 7 heteroatoms. The van der Waals surface area contributed by atoms with Crippen LogP contribution < -0.4 is 10.9 Å². The van der Waals surface area contributed by atoms with E-state index in [1.54, 1.807) is 18.2 Å². The van der Waals surface area contributed by atoms with Gasteiger partial charge in [0, 0.05) is 5.02 Å². The third-order valence-electron chi connectivity index (χ3n) is 2.32. The van der Waals surface area contributed by atoms with Gasteiger partial charge in [0.15, 0.2) is 0 Å². The van der Waals surface area contributed by atoms with Crippen LogP contribution in [0.1, 0.15) is 18.4 Å². The molecular weight excluding hydrogens is 268 g/mol. The van der Waals surface area contributed by atoms with Crippen molar-refractivity contribution in [3.8, 4) is 0 Å². The number of hydrogen-bond acceptors (Lipinski definition) is 4. The molecule has 0 saturated heterocycles. The van der Waals surface area contributed by atoms with Crippen LogP contribution in [-0.4, -0.2) is 23.7 Å². The van der Waals surface area contributed by atoms with Gasteiger partial charge in [-0.15, -0.1) is 0 Å². The molecule has 0 unspecified atom stereocenters. The number of nitrogens with one attached hydrogen (secondary N) is 2. The lowest BCUT2D eigenvalue weighted by molar-refractivity contribution is -0.119. The monoisotopic (exact) mass is 278 g/mol. The molecule has 0 fully saturated rings. The van der Waals surface area contributed by atoms with Gasteiger partial charge in [0.25, 0.3) is 0 Å². The van der Waals surface area contributed by atoms with Crippen LogP contribution in [0.25, 0.3) is 0 Å². The van der Waals surface area contributed by atoms with E-state index in [-0.39, 0.29) is 24.7 Å². The summed E-state index contributed by atoms with van der Waals surface area (Å²) in [5.74, 6) is -0.529. The van der Waals surface area contributed by atoms with E-state index in [1.807, 2.05) is 6.07 Å². The molecule has 0 saturated carbocycles. The van der Waals surface area contributed by atoms with Gasteiger partial charge in [0.2, 0.25) is 11.8 Å². The van der Waals surface area contributed by atoms with Crippen LogP contribution in [0.3, 0.4) is 0 Å². The minimum absolute atomic E-state index is 0.0472. The Hall–Kier alpha value is -2.21. The fourth-order valence-electron chi connectivity index (χ4n) is 1.50. The van der Waals surface area contributed by atoms with Crippen LogP contribution in [0.5, 0.6) is 0 Å². The molecule has 1 aromatic rings. The molecule has 0 spiro atoms. The summed E-state index contributed by atoms with van der Waals surface area (Å²) in [5.41, 5.74) is 5.92. The summed E-state index contributed by atoms with van der Waals surface area (Å²) in [5, 5.41) is 8.12. The molecule has 0 aromatic heterocycles. The summed E-state index contributed by atoms with van der Waals surface area (Å²) in [6.07, 6.45) is 1.70. The number of carbonyl (C=O) groups is 2. The number of hydrogen-bond donors (Lipinski definition) is 2. The van der Waals surface area contributed by atoms with Gasteiger partial charge in [0.1, 0.15) is 0 Å². The van der Waals surface area contributed by atoms with Gasteiger partial charge in [-0.3, -0.25) is 9.59 Å². The lowest BCUT2D eigenvalue weighted by Gasteiger charge is -1.98. The maximum absolute atomic E-state index is 11.5. The first-order valence-corrected chi connectivity index (χ1v) is 5.93. The Morgan fingerprint density at radius 2 is 2.42 bits per heavy atom. The van der Waals surface area contributed by atoms with Gasteiger partial charge in [0.05, 0.1) is 24.8 Å². The molecule has 2 N–H and O–H groups in total. The highest BCUT2D eigenvalue weighted by molar-refractivity contribution is 6.30.